The fraction of sp³-hybridized carbons (Fsp3) is 0.600. The second-order valence-corrected chi connectivity index (χ2v) is 8.16. The van der Waals surface area contributed by atoms with E-state index in [1.165, 1.54) is 4.90 Å². The van der Waals surface area contributed by atoms with Crippen LogP contribution >= 0.6 is 24.2 Å². The van der Waals surface area contributed by atoms with Crippen LogP contribution < -0.4 is 0 Å². The van der Waals surface area contributed by atoms with Gasteiger partial charge in [0.2, 0.25) is 0 Å². The van der Waals surface area contributed by atoms with Crippen LogP contribution in [0.4, 0.5) is 0 Å². The third kappa shape index (κ3) is 6.00. The molecule has 0 radical (unpaired) electrons. The molecule has 2 rings (SSSR count). The SMILES string of the molecule is C=C(C)COC1CCC(O)(c2cccc(SC)c2)C(CN(C)C)C1.Cl. The molecular weight excluding hydrogens is 354 g/mol. The summed E-state index contributed by atoms with van der Waals surface area (Å²) in [5.41, 5.74) is 1.31. The minimum Gasteiger partial charge on any atom is -0.385 e. The number of benzene rings is 1. The van der Waals surface area contributed by atoms with Crippen molar-refractivity contribution in [2.45, 2.75) is 42.8 Å². The first-order chi connectivity index (χ1) is 11.3. The summed E-state index contributed by atoms with van der Waals surface area (Å²) in [5, 5.41) is 11.6. The zero-order valence-corrected chi connectivity index (χ0v) is 17.5. The molecule has 1 aromatic carbocycles. The van der Waals surface area contributed by atoms with Crippen LogP contribution in [0.15, 0.2) is 41.3 Å². The Morgan fingerprint density at radius 3 is 2.76 bits per heavy atom. The highest BCUT2D eigenvalue weighted by Crippen LogP contribution is 2.43. The van der Waals surface area contributed by atoms with Gasteiger partial charge in [0.15, 0.2) is 0 Å². The molecule has 0 spiro atoms. The van der Waals surface area contributed by atoms with E-state index in [0.29, 0.717) is 6.61 Å². The third-order valence-electron chi connectivity index (χ3n) is 4.79. The number of ether oxygens (including phenoxy) is 1. The fourth-order valence-corrected chi connectivity index (χ4v) is 4.02. The lowest BCUT2D eigenvalue weighted by Gasteiger charge is -2.44. The van der Waals surface area contributed by atoms with Crippen LogP contribution in [0.25, 0.3) is 0 Å². The number of hydrogen-bond donors (Lipinski definition) is 1. The Hall–Kier alpha value is -0.520. The molecular formula is C20H32ClNO2S. The third-order valence-corrected chi connectivity index (χ3v) is 5.52. The Kier molecular flexibility index (Phi) is 8.99. The molecule has 0 aliphatic heterocycles. The normalized spacial score (nSPS) is 26.3. The van der Waals surface area contributed by atoms with Crippen LogP contribution in [0, 0.1) is 5.92 Å². The van der Waals surface area contributed by atoms with Crippen LogP contribution in [-0.2, 0) is 10.3 Å². The zero-order chi connectivity index (χ0) is 17.7. The van der Waals surface area contributed by atoms with Crippen LogP contribution in [0.3, 0.4) is 0 Å². The van der Waals surface area contributed by atoms with Crippen molar-refractivity contribution in [2.24, 2.45) is 5.92 Å². The van der Waals surface area contributed by atoms with E-state index in [9.17, 15) is 5.11 Å². The number of thioether (sulfide) groups is 1. The van der Waals surface area contributed by atoms with Gasteiger partial charge in [-0.2, -0.15) is 0 Å². The topological polar surface area (TPSA) is 32.7 Å². The number of aliphatic hydroxyl groups is 1. The number of rotatable bonds is 7. The average Bonchev–Trinajstić information content (AvgIpc) is 2.55. The van der Waals surface area contributed by atoms with Gasteiger partial charge in [-0.05, 0) is 64.2 Å². The maximum Gasteiger partial charge on any atom is 0.0939 e. The molecule has 0 amide bonds. The standard InChI is InChI=1S/C20H31NO2S.ClH/c1-15(2)14-23-18-9-10-20(22,17(11-18)13-21(3)4)16-7-6-8-19(12-16)24-5;/h6-8,12,17-18,22H,1,9-11,13-14H2,2-5H3;1H. The lowest BCUT2D eigenvalue weighted by Crippen LogP contribution is -2.47. The van der Waals surface area contributed by atoms with Gasteiger partial charge in [-0.1, -0.05) is 24.3 Å². The molecule has 3 nitrogen and oxygen atoms in total. The van der Waals surface area contributed by atoms with Crippen molar-refractivity contribution in [1.82, 2.24) is 4.90 Å². The summed E-state index contributed by atoms with van der Waals surface area (Å²) in [6.45, 7) is 7.37. The molecule has 3 atom stereocenters. The van der Waals surface area contributed by atoms with E-state index in [1.54, 1.807) is 11.8 Å². The number of nitrogens with zero attached hydrogens (tertiary/aromatic N) is 1. The lowest BCUT2D eigenvalue weighted by molar-refractivity contribution is -0.105. The van der Waals surface area contributed by atoms with E-state index in [2.05, 4.69) is 56.1 Å². The minimum absolute atomic E-state index is 0. The van der Waals surface area contributed by atoms with Crippen LogP contribution in [-0.4, -0.2) is 49.6 Å². The van der Waals surface area contributed by atoms with Crippen LogP contribution in [0.2, 0.25) is 0 Å². The van der Waals surface area contributed by atoms with Gasteiger partial charge in [-0.25, -0.2) is 0 Å². The Morgan fingerprint density at radius 1 is 1.44 bits per heavy atom. The Morgan fingerprint density at radius 2 is 2.16 bits per heavy atom. The Labute approximate surface area is 163 Å². The minimum atomic E-state index is -0.779. The smallest absolute Gasteiger partial charge is 0.0939 e. The zero-order valence-electron chi connectivity index (χ0n) is 15.8. The van der Waals surface area contributed by atoms with Gasteiger partial charge in [0, 0.05) is 17.4 Å². The Bertz CT molecular complexity index is 566. The van der Waals surface area contributed by atoms with Gasteiger partial charge >= 0.3 is 0 Å². The summed E-state index contributed by atoms with van der Waals surface area (Å²) in [5.74, 6) is 0.161. The molecule has 1 aliphatic rings. The second kappa shape index (κ2) is 9.98. The van der Waals surface area contributed by atoms with Gasteiger partial charge in [-0.3, -0.25) is 0 Å². The summed E-state index contributed by atoms with van der Waals surface area (Å²) in [6.07, 6.45) is 4.78. The van der Waals surface area contributed by atoms with E-state index in [1.807, 2.05) is 6.92 Å². The van der Waals surface area contributed by atoms with E-state index in [-0.39, 0.29) is 24.4 Å². The van der Waals surface area contributed by atoms with Gasteiger partial charge in [-0.15, -0.1) is 24.2 Å². The van der Waals surface area contributed by atoms with Crippen molar-refractivity contribution in [3.63, 3.8) is 0 Å². The summed E-state index contributed by atoms with van der Waals surface area (Å²) >= 11 is 1.72. The quantitative estimate of drug-likeness (QED) is 0.559. The molecule has 0 heterocycles. The predicted octanol–water partition coefficient (Wildman–Crippen LogP) is 4.34. The molecule has 0 bridgehead atoms. The monoisotopic (exact) mass is 385 g/mol. The van der Waals surface area contributed by atoms with Gasteiger partial charge in [0.05, 0.1) is 18.3 Å². The molecule has 3 unspecified atom stereocenters. The molecule has 25 heavy (non-hydrogen) atoms. The van der Waals surface area contributed by atoms with E-state index in [4.69, 9.17) is 4.74 Å². The lowest BCUT2D eigenvalue weighted by atomic mass is 9.70. The second-order valence-electron chi connectivity index (χ2n) is 7.28. The first kappa shape index (κ1) is 22.5. The molecule has 1 aliphatic carbocycles. The summed E-state index contributed by atoms with van der Waals surface area (Å²) in [4.78, 5) is 3.36. The molecule has 1 aromatic rings. The maximum absolute atomic E-state index is 11.6. The number of halogens is 1. The maximum atomic E-state index is 11.6. The molecule has 1 saturated carbocycles. The van der Waals surface area contributed by atoms with E-state index < -0.39 is 5.60 Å². The molecule has 1 N–H and O–H groups in total. The van der Waals surface area contributed by atoms with E-state index in [0.717, 1.165) is 36.9 Å². The summed E-state index contributed by atoms with van der Waals surface area (Å²) in [7, 11) is 4.13. The highest BCUT2D eigenvalue weighted by molar-refractivity contribution is 7.98. The van der Waals surface area contributed by atoms with Crippen LogP contribution in [0.5, 0.6) is 0 Å². The van der Waals surface area contributed by atoms with E-state index >= 15 is 0 Å². The molecule has 5 heteroatoms. The fourth-order valence-electron chi connectivity index (χ4n) is 3.57. The summed E-state index contributed by atoms with van der Waals surface area (Å²) in [6, 6.07) is 8.36. The van der Waals surface area contributed by atoms with Crippen molar-refractivity contribution in [3.8, 4) is 0 Å². The van der Waals surface area contributed by atoms with Crippen molar-refractivity contribution >= 4 is 24.2 Å². The first-order valence-corrected chi connectivity index (χ1v) is 9.85. The Balaban J connectivity index is 0.00000312. The average molecular weight is 386 g/mol. The van der Waals surface area contributed by atoms with Gasteiger partial charge < -0.3 is 14.7 Å². The van der Waals surface area contributed by atoms with Crippen LogP contribution in [0.1, 0.15) is 31.7 Å². The van der Waals surface area contributed by atoms with Crippen molar-refractivity contribution in [3.05, 3.63) is 42.0 Å². The largest absolute Gasteiger partial charge is 0.385 e. The van der Waals surface area contributed by atoms with Crippen molar-refractivity contribution in [2.75, 3.05) is 33.5 Å². The number of hydrogen-bond acceptors (Lipinski definition) is 4. The molecule has 0 aromatic heterocycles. The summed E-state index contributed by atoms with van der Waals surface area (Å²) < 4.78 is 6.00. The van der Waals surface area contributed by atoms with Crippen molar-refractivity contribution < 1.29 is 9.84 Å². The molecule has 142 valence electrons. The predicted molar refractivity (Wildman–Crippen MR) is 110 cm³/mol. The highest BCUT2D eigenvalue weighted by atomic mass is 35.5. The first-order valence-electron chi connectivity index (χ1n) is 8.62. The van der Waals surface area contributed by atoms with Gasteiger partial charge in [0.25, 0.3) is 0 Å². The van der Waals surface area contributed by atoms with Gasteiger partial charge in [0.1, 0.15) is 0 Å². The molecule has 0 saturated heterocycles. The van der Waals surface area contributed by atoms with Crippen molar-refractivity contribution in [1.29, 1.82) is 0 Å². The molecule has 1 fully saturated rings. The highest BCUT2D eigenvalue weighted by Gasteiger charge is 2.43.